The van der Waals surface area contributed by atoms with Gasteiger partial charge in [-0.2, -0.15) is 13.7 Å². The second-order valence-corrected chi connectivity index (χ2v) is 9.58. The molecule has 0 unspecified atom stereocenters. The van der Waals surface area contributed by atoms with Crippen LogP contribution in [-0.2, 0) is 14.9 Å². The van der Waals surface area contributed by atoms with Crippen molar-refractivity contribution in [3.8, 4) is 23.3 Å². The van der Waals surface area contributed by atoms with Crippen LogP contribution in [0.15, 0.2) is 75.6 Å². The van der Waals surface area contributed by atoms with Crippen molar-refractivity contribution in [2.45, 2.75) is 4.90 Å². The Kier molecular flexibility index (Phi) is 8.49. The first-order valence-corrected chi connectivity index (χ1v) is 12.4. The number of rotatable bonds is 9. The van der Waals surface area contributed by atoms with Crippen LogP contribution in [0.25, 0.3) is 6.08 Å². The number of ether oxygens (including phenoxy) is 2. The van der Waals surface area contributed by atoms with Gasteiger partial charge in [0.15, 0.2) is 11.5 Å². The molecule has 0 saturated heterocycles. The fourth-order valence-electron chi connectivity index (χ4n) is 2.98. The number of nitrogens with one attached hydrogen (secondary N) is 1. The van der Waals surface area contributed by atoms with Gasteiger partial charge in [0, 0.05) is 17.8 Å². The fraction of sp³-hybridized carbons (Fsp3) is 0.0833. The Labute approximate surface area is 220 Å². The van der Waals surface area contributed by atoms with Crippen molar-refractivity contribution in [2.75, 3.05) is 19.5 Å². The third-order valence-electron chi connectivity index (χ3n) is 4.80. The van der Waals surface area contributed by atoms with Crippen molar-refractivity contribution >= 4 is 49.4 Å². The lowest BCUT2D eigenvalue weighted by Crippen LogP contribution is -2.13. The number of benzene rings is 3. The molecule has 190 valence electrons. The number of halogens is 1. The van der Waals surface area contributed by atoms with E-state index in [1.54, 1.807) is 24.3 Å². The van der Waals surface area contributed by atoms with E-state index in [9.17, 15) is 28.6 Å². The van der Waals surface area contributed by atoms with Gasteiger partial charge in [-0.05, 0) is 76.1 Å². The van der Waals surface area contributed by atoms with Gasteiger partial charge >= 0.3 is 10.1 Å². The molecular weight excluding hydrogens is 570 g/mol. The zero-order valence-corrected chi connectivity index (χ0v) is 21.7. The van der Waals surface area contributed by atoms with Gasteiger partial charge in [0.2, 0.25) is 0 Å². The first kappa shape index (κ1) is 27.2. The molecule has 0 atom stereocenters. The normalized spacial score (nSPS) is 11.2. The summed E-state index contributed by atoms with van der Waals surface area (Å²) in [5.74, 6) is -0.272. The van der Waals surface area contributed by atoms with Crippen molar-refractivity contribution in [3.05, 3.63) is 86.4 Å². The number of carbonyl (C=O) groups excluding carboxylic acids is 1. The highest BCUT2D eigenvalue weighted by molar-refractivity contribution is 9.10. The van der Waals surface area contributed by atoms with Crippen molar-refractivity contribution in [1.29, 1.82) is 5.26 Å². The lowest BCUT2D eigenvalue weighted by molar-refractivity contribution is -0.384. The van der Waals surface area contributed by atoms with Gasteiger partial charge in [-0.25, -0.2) is 0 Å². The van der Waals surface area contributed by atoms with Gasteiger partial charge in [0.05, 0.1) is 23.6 Å². The summed E-state index contributed by atoms with van der Waals surface area (Å²) >= 11 is 3.23. The number of hydrogen-bond donors (Lipinski definition) is 1. The molecular formula is C24H18BrN3O8S. The summed E-state index contributed by atoms with van der Waals surface area (Å²) < 4.78 is 41.2. The summed E-state index contributed by atoms with van der Waals surface area (Å²) in [4.78, 5) is 22.4. The average Bonchev–Trinajstić information content (AvgIpc) is 2.88. The average molecular weight is 588 g/mol. The quantitative estimate of drug-likeness (QED) is 0.123. The number of nitro benzene ring substituents is 1. The summed E-state index contributed by atoms with van der Waals surface area (Å²) in [6.07, 6.45) is 1.29. The molecule has 0 heterocycles. The molecule has 11 nitrogen and oxygen atoms in total. The second kappa shape index (κ2) is 11.5. The smallest absolute Gasteiger partial charge is 0.339 e. The van der Waals surface area contributed by atoms with Gasteiger partial charge in [0.1, 0.15) is 22.3 Å². The largest absolute Gasteiger partial charge is 0.497 e. The van der Waals surface area contributed by atoms with E-state index in [0.717, 1.165) is 24.3 Å². The number of hydrogen-bond acceptors (Lipinski definition) is 9. The third-order valence-corrected chi connectivity index (χ3v) is 6.63. The highest BCUT2D eigenvalue weighted by Gasteiger charge is 2.23. The molecule has 0 fully saturated rings. The van der Waals surface area contributed by atoms with E-state index in [1.807, 2.05) is 6.07 Å². The zero-order chi connectivity index (χ0) is 27.2. The number of amides is 1. The molecule has 0 spiro atoms. The predicted molar refractivity (Wildman–Crippen MR) is 137 cm³/mol. The van der Waals surface area contributed by atoms with E-state index in [-0.39, 0.29) is 32.1 Å². The number of methoxy groups -OCH3 is 2. The summed E-state index contributed by atoms with van der Waals surface area (Å²) in [7, 11) is -1.59. The molecule has 0 aromatic heterocycles. The topological polar surface area (TPSA) is 158 Å². The molecule has 3 aromatic carbocycles. The minimum absolute atomic E-state index is 0.0148. The van der Waals surface area contributed by atoms with Crippen molar-refractivity contribution in [3.63, 3.8) is 0 Å². The van der Waals surface area contributed by atoms with Gasteiger partial charge in [-0.15, -0.1) is 0 Å². The van der Waals surface area contributed by atoms with Crippen molar-refractivity contribution < 1.29 is 31.8 Å². The first-order valence-electron chi connectivity index (χ1n) is 10.2. The summed E-state index contributed by atoms with van der Waals surface area (Å²) in [5, 5.41) is 22.9. The van der Waals surface area contributed by atoms with Crippen LogP contribution in [0.5, 0.6) is 17.2 Å². The lowest BCUT2D eigenvalue weighted by atomic mass is 10.1. The highest BCUT2D eigenvalue weighted by Crippen LogP contribution is 2.39. The Hall–Kier alpha value is -4.41. The number of anilines is 1. The Morgan fingerprint density at radius 3 is 2.27 bits per heavy atom. The van der Waals surface area contributed by atoms with Crippen molar-refractivity contribution in [2.24, 2.45) is 0 Å². The first-order chi connectivity index (χ1) is 17.6. The van der Waals surface area contributed by atoms with Crippen LogP contribution >= 0.6 is 15.9 Å². The number of nitro groups is 1. The minimum atomic E-state index is -4.38. The number of carbonyl (C=O) groups is 1. The predicted octanol–water partition coefficient (Wildman–Crippen LogP) is 4.69. The molecule has 3 rings (SSSR count). The Bertz CT molecular complexity index is 1510. The molecule has 0 aliphatic heterocycles. The summed E-state index contributed by atoms with van der Waals surface area (Å²) in [6, 6.07) is 15.3. The molecule has 3 aromatic rings. The van der Waals surface area contributed by atoms with Crippen molar-refractivity contribution in [1.82, 2.24) is 0 Å². The number of nitrogens with zero attached hydrogens (tertiary/aromatic N) is 2. The zero-order valence-electron chi connectivity index (χ0n) is 19.3. The Balaban J connectivity index is 1.87. The van der Waals surface area contributed by atoms with E-state index in [4.69, 9.17) is 13.7 Å². The van der Waals surface area contributed by atoms with Crippen LogP contribution in [0, 0.1) is 21.4 Å². The Morgan fingerprint density at radius 2 is 1.73 bits per heavy atom. The molecule has 0 aliphatic rings. The SMILES string of the molecule is COc1ccc(NC(=O)/C(C#N)=C/c2cc(Br)c(OS(=O)(=O)c3ccc([N+](=O)[O-])cc3)c(OC)c2)cc1. The molecule has 13 heteroatoms. The molecule has 0 radical (unpaired) electrons. The fourth-order valence-corrected chi connectivity index (χ4v) is 4.59. The highest BCUT2D eigenvalue weighted by atomic mass is 79.9. The van der Waals surface area contributed by atoms with E-state index in [1.165, 1.54) is 32.4 Å². The summed E-state index contributed by atoms with van der Waals surface area (Å²) in [6.45, 7) is 0. The second-order valence-electron chi connectivity index (χ2n) is 7.18. The van der Waals surface area contributed by atoms with Crippen LogP contribution in [0.3, 0.4) is 0 Å². The van der Waals surface area contributed by atoms with Crippen LogP contribution in [-0.4, -0.2) is 33.5 Å². The maximum absolute atomic E-state index is 12.7. The van der Waals surface area contributed by atoms with E-state index >= 15 is 0 Å². The van der Waals surface area contributed by atoms with Gasteiger partial charge in [0.25, 0.3) is 11.6 Å². The molecule has 37 heavy (non-hydrogen) atoms. The molecule has 1 N–H and O–H groups in total. The van der Waals surface area contributed by atoms with E-state index in [2.05, 4.69) is 21.2 Å². The van der Waals surface area contributed by atoms with Crippen LogP contribution in [0.1, 0.15) is 5.56 Å². The number of non-ortho nitro benzene ring substituents is 1. The Morgan fingerprint density at radius 1 is 1.08 bits per heavy atom. The molecule has 0 saturated carbocycles. The van der Waals surface area contributed by atoms with E-state index < -0.39 is 20.9 Å². The van der Waals surface area contributed by atoms with Crippen LogP contribution < -0.4 is 19.0 Å². The van der Waals surface area contributed by atoms with Gasteiger partial charge < -0.3 is 19.0 Å². The monoisotopic (exact) mass is 587 g/mol. The summed E-state index contributed by atoms with van der Waals surface area (Å²) in [5.41, 5.74) is 0.284. The maximum atomic E-state index is 12.7. The standard InChI is InChI=1S/C24H18BrN3O8S/c1-34-19-7-3-17(4-8-19)27-24(29)16(14-26)11-15-12-21(25)23(22(13-15)35-2)36-37(32,33)20-9-5-18(6-10-20)28(30)31/h3-13H,1-2H3,(H,27,29)/b16-11+. The molecule has 0 bridgehead atoms. The number of nitriles is 1. The van der Waals surface area contributed by atoms with E-state index in [0.29, 0.717) is 17.0 Å². The molecule has 0 aliphatic carbocycles. The van der Waals surface area contributed by atoms with Gasteiger partial charge in [-0.3, -0.25) is 14.9 Å². The van der Waals surface area contributed by atoms with Crippen LogP contribution in [0.2, 0.25) is 0 Å². The molecule has 1 amide bonds. The third kappa shape index (κ3) is 6.63. The van der Waals surface area contributed by atoms with Crippen LogP contribution in [0.4, 0.5) is 11.4 Å². The minimum Gasteiger partial charge on any atom is -0.497 e. The lowest BCUT2D eigenvalue weighted by Gasteiger charge is -2.13. The van der Waals surface area contributed by atoms with Gasteiger partial charge in [-0.1, -0.05) is 0 Å². The maximum Gasteiger partial charge on any atom is 0.339 e.